The topological polar surface area (TPSA) is 47.0 Å². The van der Waals surface area contributed by atoms with Gasteiger partial charge in [-0.3, -0.25) is 4.98 Å². The predicted octanol–water partition coefficient (Wildman–Crippen LogP) is 2.60. The van der Waals surface area contributed by atoms with Crippen LogP contribution in [0.3, 0.4) is 0 Å². The van der Waals surface area contributed by atoms with Crippen molar-refractivity contribution in [3.8, 4) is 10.6 Å². The van der Waals surface area contributed by atoms with Crippen molar-refractivity contribution in [2.24, 2.45) is 0 Å². The zero-order chi connectivity index (χ0) is 13.1. The second-order valence-electron chi connectivity index (χ2n) is 4.71. The standard InChI is InChI=1S/C14H17N3OS/c1-18-9-12-13(8-16-11-2-3-11)19-14(17-12)10-4-6-15-7-5-10/h4-7,11,16H,2-3,8-9H2,1H3. The van der Waals surface area contributed by atoms with Gasteiger partial charge in [-0.15, -0.1) is 11.3 Å². The quantitative estimate of drug-likeness (QED) is 0.880. The maximum absolute atomic E-state index is 5.24. The summed E-state index contributed by atoms with van der Waals surface area (Å²) in [7, 11) is 1.71. The molecule has 0 aliphatic heterocycles. The molecule has 2 aromatic rings. The Morgan fingerprint density at radius 1 is 1.37 bits per heavy atom. The molecular formula is C14H17N3OS. The van der Waals surface area contributed by atoms with Crippen LogP contribution in [0.4, 0.5) is 0 Å². The highest BCUT2D eigenvalue weighted by Gasteiger charge is 2.21. The molecule has 3 rings (SSSR count). The van der Waals surface area contributed by atoms with Gasteiger partial charge >= 0.3 is 0 Å². The van der Waals surface area contributed by atoms with Gasteiger partial charge in [-0.05, 0) is 25.0 Å². The van der Waals surface area contributed by atoms with Crippen LogP contribution in [0.15, 0.2) is 24.5 Å². The number of methoxy groups -OCH3 is 1. The lowest BCUT2D eigenvalue weighted by Gasteiger charge is -2.02. The molecule has 0 saturated heterocycles. The maximum atomic E-state index is 5.24. The summed E-state index contributed by atoms with van der Waals surface area (Å²) in [6, 6.07) is 4.70. The molecule has 1 aliphatic carbocycles. The highest BCUT2D eigenvalue weighted by Crippen LogP contribution is 2.29. The number of ether oxygens (including phenoxy) is 1. The van der Waals surface area contributed by atoms with E-state index in [1.165, 1.54) is 17.7 Å². The lowest BCUT2D eigenvalue weighted by atomic mass is 10.3. The first-order chi connectivity index (χ1) is 9.36. The van der Waals surface area contributed by atoms with Gasteiger partial charge in [0.25, 0.3) is 0 Å². The molecule has 0 amide bonds. The van der Waals surface area contributed by atoms with Gasteiger partial charge < -0.3 is 10.1 Å². The van der Waals surface area contributed by atoms with E-state index in [1.54, 1.807) is 30.8 Å². The van der Waals surface area contributed by atoms with E-state index in [-0.39, 0.29) is 0 Å². The SMILES string of the molecule is COCc1nc(-c2ccncc2)sc1CNC1CC1. The summed E-state index contributed by atoms with van der Waals surface area (Å²) in [5.41, 5.74) is 2.17. The predicted molar refractivity (Wildman–Crippen MR) is 75.9 cm³/mol. The van der Waals surface area contributed by atoms with Gasteiger partial charge in [-0.25, -0.2) is 4.98 Å². The van der Waals surface area contributed by atoms with Crippen LogP contribution in [0.25, 0.3) is 10.6 Å². The fraction of sp³-hybridized carbons (Fsp3) is 0.429. The van der Waals surface area contributed by atoms with Gasteiger partial charge in [-0.2, -0.15) is 0 Å². The van der Waals surface area contributed by atoms with Gasteiger partial charge in [-0.1, -0.05) is 0 Å². The molecule has 19 heavy (non-hydrogen) atoms. The minimum atomic E-state index is 0.573. The van der Waals surface area contributed by atoms with Crippen LogP contribution >= 0.6 is 11.3 Å². The van der Waals surface area contributed by atoms with E-state index in [0.29, 0.717) is 12.6 Å². The number of rotatable bonds is 6. The number of hydrogen-bond acceptors (Lipinski definition) is 5. The smallest absolute Gasteiger partial charge is 0.124 e. The summed E-state index contributed by atoms with van der Waals surface area (Å²) in [5.74, 6) is 0. The van der Waals surface area contributed by atoms with Crippen LogP contribution in [0.2, 0.25) is 0 Å². The second kappa shape index (κ2) is 5.77. The first kappa shape index (κ1) is 12.7. The number of aromatic nitrogens is 2. The lowest BCUT2D eigenvalue weighted by Crippen LogP contribution is -2.15. The zero-order valence-electron chi connectivity index (χ0n) is 10.9. The van der Waals surface area contributed by atoms with E-state index in [1.807, 2.05) is 12.1 Å². The van der Waals surface area contributed by atoms with Crippen molar-refractivity contribution in [1.82, 2.24) is 15.3 Å². The Hall–Kier alpha value is -1.30. The third kappa shape index (κ3) is 3.18. The molecule has 2 heterocycles. The van der Waals surface area contributed by atoms with Gasteiger partial charge in [0.1, 0.15) is 5.01 Å². The van der Waals surface area contributed by atoms with E-state index in [2.05, 4.69) is 10.3 Å². The third-order valence-corrected chi connectivity index (χ3v) is 4.26. The monoisotopic (exact) mass is 275 g/mol. The summed E-state index contributed by atoms with van der Waals surface area (Å²) in [6.45, 7) is 1.47. The molecule has 0 atom stereocenters. The van der Waals surface area contributed by atoms with Gasteiger partial charge in [0.15, 0.2) is 0 Å². The summed E-state index contributed by atoms with van der Waals surface area (Å²) in [4.78, 5) is 10.0. The first-order valence-electron chi connectivity index (χ1n) is 6.48. The molecule has 0 aromatic carbocycles. The summed E-state index contributed by atoms with van der Waals surface area (Å²) < 4.78 is 5.24. The Labute approximate surface area is 116 Å². The molecule has 4 nitrogen and oxygen atoms in total. The Bertz CT molecular complexity index is 537. The van der Waals surface area contributed by atoms with E-state index >= 15 is 0 Å². The molecule has 0 radical (unpaired) electrons. The van der Waals surface area contributed by atoms with Crippen LogP contribution in [0.1, 0.15) is 23.4 Å². The van der Waals surface area contributed by atoms with Gasteiger partial charge in [0.05, 0.1) is 12.3 Å². The lowest BCUT2D eigenvalue weighted by molar-refractivity contribution is 0.181. The Morgan fingerprint density at radius 2 is 2.16 bits per heavy atom. The molecule has 2 aromatic heterocycles. The fourth-order valence-electron chi connectivity index (χ4n) is 1.91. The van der Waals surface area contributed by atoms with E-state index in [4.69, 9.17) is 9.72 Å². The van der Waals surface area contributed by atoms with Crippen molar-refractivity contribution in [2.75, 3.05) is 7.11 Å². The van der Waals surface area contributed by atoms with Gasteiger partial charge in [0, 0.05) is 42.5 Å². The van der Waals surface area contributed by atoms with Gasteiger partial charge in [0.2, 0.25) is 0 Å². The average molecular weight is 275 g/mol. The molecular weight excluding hydrogens is 258 g/mol. The molecule has 1 aliphatic rings. The number of nitrogens with zero attached hydrogens (tertiary/aromatic N) is 2. The molecule has 1 fully saturated rings. The number of nitrogens with one attached hydrogen (secondary N) is 1. The van der Waals surface area contributed by atoms with Crippen molar-refractivity contribution in [1.29, 1.82) is 0 Å². The highest BCUT2D eigenvalue weighted by molar-refractivity contribution is 7.15. The highest BCUT2D eigenvalue weighted by atomic mass is 32.1. The first-order valence-corrected chi connectivity index (χ1v) is 7.30. The van der Waals surface area contributed by atoms with Crippen molar-refractivity contribution < 1.29 is 4.74 Å². The molecule has 1 saturated carbocycles. The van der Waals surface area contributed by atoms with Crippen LogP contribution in [-0.2, 0) is 17.9 Å². The summed E-state index contributed by atoms with van der Waals surface area (Å²) >= 11 is 1.74. The third-order valence-electron chi connectivity index (χ3n) is 3.12. The normalized spacial score (nSPS) is 14.8. The van der Waals surface area contributed by atoms with Crippen LogP contribution < -0.4 is 5.32 Å². The largest absolute Gasteiger partial charge is 0.378 e. The van der Waals surface area contributed by atoms with E-state index in [9.17, 15) is 0 Å². The number of thiazole rings is 1. The number of pyridine rings is 1. The summed E-state index contributed by atoms with van der Waals surface area (Å²) in [6.07, 6.45) is 6.20. The maximum Gasteiger partial charge on any atom is 0.124 e. The molecule has 0 spiro atoms. The van der Waals surface area contributed by atoms with Crippen molar-refractivity contribution in [3.63, 3.8) is 0 Å². The molecule has 100 valence electrons. The van der Waals surface area contributed by atoms with Crippen molar-refractivity contribution >= 4 is 11.3 Å². The zero-order valence-corrected chi connectivity index (χ0v) is 11.7. The van der Waals surface area contributed by atoms with Crippen LogP contribution in [0.5, 0.6) is 0 Å². The second-order valence-corrected chi connectivity index (χ2v) is 5.80. The minimum Gasteiger partial charge on any atom is -0.378 e. The Morgan fingerprint density at radius 3 is 2.84 bits per heavy atom. The van der Waals surface area contributed by atoms with Crippen LogP contribution in [0, 0.1) is 0 Å². The summed E-state index contributed by atoms with van der Waals surface area (Å²) in [5, 5.41) is 4.58. The fourth-order valence-corrected chi connectivity index (χ4v) is 2.93. The minimum absolute atomic E-state index is 0.573. The molecule has 0 bridgehead atoms. The molecule has 0 unspecified atom stereocenters. The van der Waals surface area contributed by atoms with Crippen LogP contribution in [-0.4, -0.2) is 23.1 Å². The Balaban J connectivity index is 1.82. The Kier molecular flexibility index (Phi) is 3.87. The van der Waals surface area contributed by atoms with E-state index in [0.717, 1.165) is 22.8 Å². The molecule has 5 heteroatoms. The average Bonchev–Trinajstić information content (AvgIpc) is 3.19. The van der Waals surface area contributed by atoms with E-state index < -0.39 is 0 Å². The van der Waals surface area contributed by atoms with Crippen molar-refractivity contribution in [3.05, 3.63) is 35.1 Å². The molecule has 1 N–H and O–H groups in total. The number of hydrogen-bond donors (Lipinski definition) is 1. The van der Waals surface area contributed by atoms with Crippen molar-refractivity contribution in [2.45, 2.75) is 32.0 Å².